The molecule has 1 unspecified atom stereocenters. The van der Waals surface area contributed by atoms with Crippen LogP contribution in [0.3, 0.4) is 0 Å². The topological polar surface area (TPSA) is 15.3 Å². The maximum absolute atomic E-state index is 3.51. The fourth-order valence-electron chi connectivity index (χ4n) is 2.19. The molecule has 2 nitrogen and oxygen atoms in total. The maximum atomic E-state index is 3.51. The van der Waals surface area contributed by atoms with Gasteiger partial charge < -0.3 is 5.32 Å². The van der Waals surface area contributed by atoms with E-state index in [2.05, 4.69) is 42.7 Å². The van der Waals surface area contributed by atoms with Crippen LogP contribution in [0.4, 0.5) is 0 Å². The summed E-state index contributed by atoms with van der Waals surface area (Å²) in [4.78, 5) is 2.68. The van der Waals surface area contributed by atoms with Crippen LogP contribution < -0.4 is 5.32 Å². The number of nitrogens with one attached hydrogen (secondary N) is 1. The average Bonchev–Trinajstić information content (AvgIpc) is 2.27. The first-order valence-corrected chi connectivity index (χ1v) is 7.42. The van der Waals surface area contributed by atoms with Crippen LogP contribution in [0.5, 0.6) is 0 Å². The minimum atomic E-state index is 0.398. The molecule has 0 amide bonds. The molecule has 1 aliphatic heterocycles. The monoisotopic (exact) mass is 230 g/mol. The lowest BCUT2D eigenvalue weighted by atomic mass is 9.94. The molecule has 1 heterocycles. The maximum Gasteiger partial charge on any atom is 0.0303 e. The molecular weight excluding hydrogens is 204 g/mol. The zero-order chi connectivity index (χ0) is 11.1. The molecule has 0 aromatic carbocycles. The van der Waals surface area contributed by atoms with Gasteiger partial charge in [-0.25, -0.2) is 0 Å². The summed E-state index contributed by atoms with van der Waals surface area (Å²) in [6.07, 6.45) is 2.59. The minimum Gasteiger partial charge on any atom is -0.314 e. The molecular formula is C12H26N2S. The first kappa shape index (κ1) is 13.3. The van der Waals surface area contributed by atoms with E-state index in [4.69, 9.17) is 0 Å². The molecule has 0 spiro atoms. The lowest BCUT2D eigenvalue weighted by Crippen LogP contribution is -2.59. The summed E-state index contributed by atoms with van der Waals surface area (Å²) in [5.41, 5.74) is 0.398. The number of nitrogens with zero attached hydrogens (tertiary/aromatic N) is 1. The Kier molecular flexibility index (Phi) is 6.02. The Labute approximate surface area is 99.2 Å². The van der Waals surface area contributed by atoms with Crippen LogP contribution in [0, 0.1) is 0 Å². The Morgan fingerprint density at radius 3 is 2.87 bits per heavy atom. The SMILES string of the molecule is CCSCCCN1CCNCC1(C)CC. The first-order valence-electron chi connectivity index (χ1n) is 6.26. The Bertz CT molecular complexity index is 175. The third kappa shape index (κ3) is 3.97. The van der Waals surface area contributed by atoms with Crippen molar-refractivity contribution in [3.8, 4) is 0 Å². The van der Waals surface area contributed by atoms with Crippen LogP contribution in [0.2, 0.25) is 0 Å². The van der Waals surface area contributed by atoms with Crippen molar-refractivity contribution < 1.29 is 0 Å². The molecule has 1 saturated heterocycles. The Hall–Kier alpha value is 0.270. The molecule has 1 aliphatic rings. The second-order valence-corrected chi connectivity index (χ2v) is 5.96. The summed E-state index contributed by atoms with van der Waals surface area (Å²) in [7, 11) is 0. The van der Waals surface area contributed by atoms with Crippen molar-refractivity contribution >= 4 is 11.8 Å². The van der Waals surface area contributed by atoms with Gasteiger partial charge in [-0.3, -0.25) is 4.90 Å². The van der Waals surface area contributed by atoms with E-state index in [1.807, 2.05) is 0 Å². The van der Waals surface area contributed by atoms with Crippen LogP contribution >= 0.6 is 11.8 Å². The third-order valence-corrected chi connectivity index (χ3v) is 4.50. The highest BCUT2D eigenvalue weighted by Crippen LogP contribution is 2.21. The Morgan fingerprint density at radius 2 is 2.20 bits per heavy atom. The fraction of sp³-hybridized carbons (Fsp3) is 1.00. The van der Waals surface area contributed by atoms with Gasteiger partial charge in [0.25, 0.3) is 0 Å². The average molecular weight is 230 g/mol. The zero-order valence-electron chi connectivity index (χ0n) is 10.5. The van der Waals surface area contributed by atoms with Crippen molar-refractivity contribution in [2.24, 2.45) is 0 Å². The number of hydrogen-bond acceptors (Lipinski definition) is 3. The molecule has 90 valence electrons. The largest absolute Gasteiger partial charge is 0.314 e. The van der Waals surface area contributed by atoms with Crippen molar-refractivity contribution in [1.82, 2.24) is 10.2 Å². The molecule has 0 radical (unpaired) electrons. The Balaban J connectivity index is 2.30. The predicted molar refractivity (Wildman–Crippen MR) is 70.8 cm³/mol. The number of rotatable bonds is 6. The standard InChI is InChI=1S/C12H26N2S/c1-4-12(3)11-13-7-9-14(12)8-6-10-15-5-2/h13H,4-11H2,1-3H3. The van der Waals surface area contributed by atoms with Crippen molar-refractivity contribution in [1.29, 1.82) is 0 Å². The van der Waals surface area contributed by atoms with E-state index in [1.165, 1.54) is 37.4 Å². The molecule has 1 N–H and O–H groups in total. The zero-order valence-corrected chi connectivity index (χ0v) is 11.3. The Morgan fingerprint density at radius 1 is 1.40 bits per heavy atom. The first-order chi connectivity index (χ1) is 7.23. The molecule has 0 aliphatic carbocycles. The molecule has 0 bridgehead atoms. The van der Waals surface area contributed by atoms with Gasteiger partial charge in [-0.05, 0) is 37.8 Å². The van der Waals surface area contributed by atoms with Gasteiger partial charge in [0.15, 0.2) is 0 Å². The van der Waals surface area contributed by atoms with E-state index < -0.39 is 0 Å². The van der Waals surface area contributed by atoms with Crippen molar-refractivity contribution in [2.75, 3.05) is 37.7 Å². The second kappa shape index (κ2) is 6.77. The van der Waals surface area contributed by atoms with Crippen molar-refractivity contribution in [3.05, 3.63) is 0 Å². The van der Waals surface area contributed by atoms with E-state index in [1.54, 1.807) is 0 Å². The van der Waals surface area contributed by atoms with Crippen LogP contribution in [0.1, 0.15) is 33.6 Å². The molecule has 1 atom stereocenters. The molecule has 1 rings (SSSR count). The molecule has 1 fully saturated rings. The van der Waals surface area contributed by atoms with Crippen molar-refractivity contribution in [2.45, 2.75) is 39.2 Å². The van der Waals surface area contributed by atoms with E-state index in [0.717, 1.165) is 13.1 Å². The molecule has 15 heavy (non-hydrogen) atoms. The smallest absolute Gasteiger partial charge is 0.0303 e. The quantitative estimate of drug-likeness (QED) is 0.704. The van der Waals surface area contributed by atoms with Gasteiger partial charge in [-0.1, -0.05) is 13.8 Å². The van der Waals surface area contributed by atoms with Gasteiger partial charge in [0.05, 0.1) is 0 Å². The van der Waals surface area contributed by atoms with Gasteiger partial charge in [0.2, 0.25) is 0 Å². The van der Waals surface area contributed by atoms with Crippen molar-refractivity contribution in [3.63, 3.8) is 0 Å². The van der Waals surface area contributed by atoms with Crippen LogP contribution in [-0.4, -0.2) is 48.1 Å². The normalized spacial score (nSPS) is 28.2. The van der Waals surface area contributed by atoms with Gasteiger partial charge in [0.1, 0.15) is 0 Å². The van der Waals surface area contributed by atoms with E-state index in [9.17, 15) is 0 Å². The van der Waals surface area contributed by atoms with Gasteiger partial charge in [-0.15, -0.1) is 0 Å². The van der Waals surface area contributed by atoms with Crippen LogP contribution in [-0.2, 0) is 0 Å². The molecule has 0 saturated carbocycles. The summed E-state index contributed by atoms with van der Waals surface area (Å²) in [5, 5.41) is 3.51. The second-order valence-electron chi connectivity index (χ2n) is 4.56. The summed E-state index contributed by atoms with van der Waals surface area (Å²) >= 11 is 2.06. The highest BCUT2D eigenvalue weighted by atomic mass is 32.2. The number of piperazine rings is 1. The van der Waals surface area contributed by atoms with E-state index in [-0.39, 0.29) is 0 Å². The fourth-order valence-corrected chi connectivity index (χ4v) is 2.81. The van der Waals surface area contributed by atoms with Crippen LogP contribution in [0.25, 0.3) is 0 Å². The molecule has 3 heteroatoms. The van der Waals surface area contributed by atoms with E-state index >= 15 is 0 Å². The van der Waals surface area contributed by atoms with Gasteiger partial charge in [-0.2, -0.15) is 11.8 Å². The lowest BCUT2D eigenvalue weighted by Gasteiger charge is -2.45. The third-order valence-electron chi connectivity index (χ3n) is 3.51. The van der Waals surface area contributed by atoms with Gasteiger partial charge in [0, 0.05) is 25.2 Å². The lowest BCUT2D eigenvalue weighted by molar-refractivity contribution is 0.0720. The highest BCUT2D eigenvalue weighted by Gasteiger charge is 2.31. The summed E-state index contributed by atoms with van der Waals surface area (Å²) < 4.78 is 0. The minimum absolute atomic E-state index is 0.398. The predicted octanol–water partition coefficient (Wildman–Crippen LogP) is 2.20. The summed E-state index contributed by atoms with van der Waals surface area (Å²) in [6, 6.07) is 0. The van der Waals surface area contributed by atoms with Crippen LogP contribution in [0.15, 0.2) is 0 Å². The summed E-state index contributed by atoms with van der Waals surface area (Å²) in [5.74, 6) is 2.58. The molecule has 0 aromatic heterocycles. The number of hydrogen-bond donors (Lipinski definition) is 1. The summed E-state index contributed by atoms with van der Waals surface area (Å²) in [6.45, 7) is 11.8. The van der Waals surface area contributed by atoms with Gasteiger partial charge >= 0.3 is 0 Å². The molecule has 0 aromatic rings. The highest BCUT2D eigenvalue weighted by molar-refractivity contribution is 7.99. The number of thioether (sulfide) groups is 1. The van der Waals surface area contributed by atoms with E-state index in [0.29, 0.717) is 5.54 Å².